The van der Waals surface area contributed by atoms with Crippen molar-refractivity contribution in [2.45, 2.75) is 0 Å². The average molecular weight is 324 g/mol. The van der Waals surface area contributed by atoms with Crippen molar-refractivity contribution in [2.75, 3.05) is 12.4 Å². The van der Waals surface area contributed by atoms with Gasteiger partial charge in [-0.25, -0.2) is 8.78 Å². The van der Waals surface area contributed by atoms with E-state index in [-0.39, 0.29) is 11.3 Å². The molecule has 4 nitrogen and oxygen atoms in total. The highest BCUT2D eigenvalue weighted by molar-refractivity contribution is 6.05. The first-order valence-electron chi connectivity index (χ1n) is 6.12. The van der Waals surface area contributed by atoms with E-state index in [1.165, 1.54) is 24.3 Å². The molecule has 8 heteroatoms. The quantitative estimate of drug-likeness (QED) is 0.695. The molecule has 23 heavy (non-hydrogen) atoms. The molecule has 0 aliphatic heterocycles. The first-order valence-corrected chi connectivity index (χ1v) is 6.12. The second kappa shape index (κ2) is 6.36. The van der Waals surface area contributed by atoms with E-state index in [1.54, 1.807) is 6.07 Å². The predicted octanol–water partition coefficient (Wildman–Crippen LogP) is 3.38. The average Bonchev–Trinajstić information content (AvgIpc) is 2.54. The maximum Gasteiger partial charge on any atom is 0.261 e. The number of rotatable bonds is 3. The number of hydrogen-bond donors (Lipinski definition) is 1. The van der Waals surface area contributed by atoms with Gasteiger partial charge >= 0.3 is 0 Å². The zero-order valence-corrected chi connectivity index (χ0v) is 11.6. The Balaban J connectivity index is 2.51. The summed E-state index contributed by atoms with van der Waals surface area (Å²) in [6, 6.07) is 7.35. The van der Waals surface area contributed by atoms with E-state index in [0.29, 0.717) is 0 Å². The Kier molecular flexibility index (Phi) is 4.50. The van der Waals surface area contributed by atoms with Crippen LogP contribution < -0.4 is 10.1 Å². The van der Waals surface area contributed by atoms with Gasteiger partial charge in [-0.3, -0.25) is 4.79 Å². The fraction of sp³-hybridized carbons (Fsp3) is 0.0667. The molecule has 0 atom stereocenters. The third kappa shape index (κ3) is 2.81. The number of amides is 1. The molecule has 0 spiro atoms. The zero-order valence-electron chi connectivity index (χ0n) is 11.6. The van der Waals surface area contributed by atoms with Gasteiger partial charge < -0.3 is 10.1 Å². The Morgan fingerprint density at radius 1 is 1.09 bits per heavy atom. The van der Waals surface area contributed by atoms with Crippen LogP contribution in [0.5, 0.6) is 5.75 Å². The van der Waals surface area contributed by atoms with Gasteiger partial charge in [-0.2, -0.15) is 14.0 Å². The van der Waals surface area contributed by atoms with E-state index < -0.39 is 40.5 Å². The van der Waals surface area contributed by atoms with Gasteiger partial charge in [0.15, 0.2) is 17.4 Å². The Morgan fingerprint density at radius 3 is 2.17 bits per heavy atom. The van der Waals surface area contributed by atoms with E-state index in [1.807, 2.05) is 5.32 Å². The summed E-state index contributed by atoms with van der Waals surface area (Å²) in [5, 5.41) is 10.9. The number of hydrogen-bond acceptors (Lipinski definition) is 3. The maximum atomic E-state index is 13.8. The molecule has 0 unspecified atom stereocenters. The summed E-state index contributed by atoms with van der Waals surface area (Å²) in [6.45, 7) is 0. The molecule has 0 aromatic heterocycles. The van der Waals surface area contributed by atoms with Crippen LogP contribution in [0, 0.1) is 34.6 Å². The van der Waals surface area contributed by atoms with Gasteiger partial charge in [-0.15, -0.1) is 0 Å². The molecule has 0 saturated carbocycles. The Hall–Kier alpha value is -3.08. The molecule has 0 heterocycles. The fourth-order valence-corrected chi connectivity index (χ4v) is 1.86. The highest BCUT2D eigenvalue weighted by Crippen LogP contribution is 2.30. The summed E-state index contributed by atoms with van der Waals surface area (Å²) in [5.74, 6) is -10.2. The maximum absolute atomic E-state index is 13.8. The Labute approximate surface area is 127 Å². The number of methoxy groups -OCH3 is 1. The van der Waals surface area contributed by atoms with Crippen molar-refractivity contribution in [3.8, 4) is 11.8 Å². The largest absolute Gasteiger partial charge is 0.491 e. The van der Waals surface area contributed by atoms with Crippen LogP contribution in [-0.4, -0.2) is 13.0 Å². The fourth-order valence-electron chi connectivity index (χ4n) is 1.86. The molecule has 0 saturated heterocycles. The van der Waals surface area contributed by atoms with Crippen LogP contribution in [0.1, 0.15) is 15.9 Å². The standard InChI is InChI=1S/C15H8F4N2O2/c1-23-14-12(18)10(16)9(11(17)13(14)19)15(22)21-8-5-3-2-4-7(8)6-20/h2-5H,1H3,(H,21,22). The predicted molar refractivity (Wildman–Crippen MR) is 71.9 cm³/mol. The van der Waals surface area contributed by atoms with Crippen molar-refractivity contribution in [1.82, 2.24) is 0 Å². The van der Waals surface area contributed by atoms with E-state index in [4.69, 9.17) is 5.26 Å². The normalized spacial score (nSPS) is 10.1. The Bertz CT molecular complexity index is 802. The van der Waals surface area contributed by atoms with Gasteiger partial charge in [0, 0.05) is 0 Å². The van der Waals surface area contributed by atoms with Crippen LogP contribution in [0.2, 0.25) is 0 Å². The van der Waals surface area contributed by atoms with E-state index >= 15 is 0 Å². The van der Waals surface area contributed by atoms with Crippen molar-refractivity contribution in [3.63, 3.8) is 0 Å². The minimum atomic E-state index is -1.90. The molecule has 0 aliphatic rings. The highest BCUT2D eigenvalue weighted by Gasteiger charge is 2.30. The van der Waals surface area contributed by atoms with Gasteiger partial charge in [-0.1, -0.05) is 12.1 Å². The minimum Gasteiger partial charge on any atom is -0.491 e. The zero-order chi connectivity index (χ0) is 17.1. The van der Waals surface area contributed by atoms with Gasteiger partial charge in [0.2, 0.25) is 11.6 Å². The molecule has 2 aromatic carbocycles. The second-order valence-electron chi connectivity index (χ2n) is 4.28. The molecule has 2 aromatic rings. The molecular formula is C15H8F4N2O2. The first-order chi connectivity index (χ1) is 10.9. The van der Waals surface area contributed by atoms with Crippen LogP contribution >= 0.6 is 0 Å². The van der Waals surface area contributed by atoms with Gasteiger partial charge in [0.25, 0.3) is 5.91 Å². The summed E-state index contributed by atoms with van der Waals surface area (Å²) in [6.07, 6.45) is 0. The van der Waals surface area contributed by atoms with E-state index in [0.717, 1.165) is 7.11 Å². The van der Waals surface area contributed by atoms with Gasteiger partial charge in [0.05, 0.1) is 18.4 Å². The van der Waals surface area contributed by atoms with Gasteiger partial charge in [0.1, 0.15) is 11.6 Å². The number of halogens is 4. The smallest absolute Gasteiger partial charge is 0.261 e. The number of nitrogens with one attached hydrogen (secondary N) is 1. The second-order valence-corrected chi connectivity index (χ2v) is 4.28. The molecular weight excluding hydrogens is 316 g/mol. The summed E-state index contributed by atoms with van der Waals surface area (Å²) in [7, 11) is 0.823. The minimum absolute atomic E-state index is 0.0103. The summed E-state index contributed by atoms with van der Waals surface area (Å²) in [4.78, 5) is 12.0. The van der Waals surface area contributed by atoms with Crippen molar-refractivity contribution in [1.29, 1.82) is 5.26 Å². The molecule has 1 amide bonds. The molecule has 2 rings (SSSR count). The highest BCUT2D eigenvalue weighted by atomic mass is 19.2. The number of para-hydroxylation sites is 1. The molecule has 118 valence electrons. The number of carbonyl (C=O) groups is 1. The number of ether oxygens (including phenoxy) is 1. The number of benzene rings is 2. The van der Waals surface area contributed by atoms with E-state index in [9.17, 15) is 22.4 Å². The van der Waals surface area contributed by atoms with Crippen molar-refractivity contribution < 1.29 is 27.1 Å². The lowest BCUT2D eigenvalue weighted by Gasteiger charge is -2.11. The molecule has 0 bridgehead atoms. The van der Waals surface area contributed by atoms with E-state index in [2.05, 4.69) is 4.74 Å². The summed E-state index contributed by atoms with van der Waals surface area (Å²) >= 11 is 0. The topological polar surface area (TPSA) is 62.1 Å². The molecule has 0 aliphatic carbocycles. The van der Waals surface area contributed by atoms with Crippen molar-refractivity contribution in [2.24, 2.45) is 0 Å². The SMILES string of the molecule is COc1c(F)c(F)c(C(=O)Nc2ccccc2C#N)c(F)c1F. The first kappa shape index (κ1) is 16.3. The van der Waals surface area contributed by atoms with Crippen LogP contribution in [0.15, 0.2) is 24.3 Å². The van der Waals surface area contributed by atoms with Crippen LogP contribution in [0.3, 0.4) is 0 Å². The lowest BCUT2D eigenvalue weighted by Crippen LogP contribution is -2.19. The third-order valence-corrected chi connectivity index (χ3v) is 2.95. The lowest BCUT2D eigenvalue weighted by atomic mass is 10.1. The molecule has 0 radical (unpaired) electrons. The van der Waals surface area contributed by atoms with Crippen molar-refractivity contribution >= 4 is 11.6 Å². The summed E-state index contributed by atoms with van der Waals surface area (Å²) in [5.41, 5.74) is -1.50. The number of nitriles is 1. The van der Waals surface area contributed by atoms with Crippen LogP contribution in [0.4, 0.5) is 23.2 Å². The number of carbonyl (C=O) groups excluding carboxylic acids is 1. The molecule has 1 N–H and O–H groups in total. The van der Waals surface area contributed by atoms with Crippen molar-refractivity contribution in [3.05, 3.63) is 58.7 Å². The summed E-state index contributed by atoms with van der Waals surface area (Å²) < 4.78 is 59.1. The monoisotopic (exact) mass is 324 g/mol. The van der Waals surface area contributed by atoms with Gasteiger partial charge in [-0.05, 0) is 12.1 Å². The van der Waals surface area contributed by atoms with Crippen LogP contribution in [-0.2, 0) is 0 Å². The number of nitrogens with zero attached hydrogens (tertiary/aromatic N) is 1. The number of anilines is 1. The lowest BCUT2D eigenvalue weighted by molar-refractivity contribution is 0.101. The Morgan fingerprint density at radius 2 is 1.65 bits per heavy atom. The molecule has 0 fully saturated rings. The van der Waals surface area contributed by atoms with Crippen LogP contribution in [0.25, 0.3) is 0 Å². The third-order valence-electron chi connectivity index (χ3n) is 2.95.